The van der Waals surface area contributed by atoms with Crippen molar-refractivity contribution >= 4 is 17.3 Å². The Morgan fingerprint density at radius 1 is 1.43 bits per heavy atom. The van der Waals surface area contributed by atoms with E-state index >= 15 is 0 Å². The fraction of sp³-hybridized carbons (Fsp3) is 0.412. The average Bonchev–Trinajstić information content (AvgIpc) is 3.24. The zero-order valence-electron chi connectivity index (χ0n) is 13.1. The Kier molecular flexibility index (Phi) is 5.05. The second-order valence-electron chi connectivity index (χ2n) is 5.66. The van der Waals surface area contributed by atoms with Gasteiger partial charge in [0.25, 0.3) is 0 Å². The highest BCUT2D eigenvalue weighted by molar-refractivity contribution is 7.13. The van der Waals surface area contributed by atoms with E-state index in [1.165, 1.54) is 7.11 Å². The highest BCUT2D eigenvalue weighted by Crippen LogP contribution is 2.26. The maximum absolute atomic E-state index is 11.5. The van der Waals surface area contributed by atoms with Gasteiger partial charge in [-0.1, -0.05) is 12.1 Å². The summed E-state index contributed by atoms with van der Waals surface area (Å²) in [5.41, 5.74) is 2.56. The van der Waals surface area contributed by atoms with Crippen LogP contribution in [0.2, 0.25) is 0 Å². The van der Waals surface area contributed by atoms with Crippen molar-refractivity contribution in [2.24, 2.45) is 0 Å². The summed E-state index contributed by atoms with van der Waals surface area (Å²) >= 11 is 1.60. The number of aliphatic hydroxyl groups excluding tert-OH is 1. The molecule has 0 unspecified atom stereocenters. The molecule has 2 heterocycles. The van der Waals surface area contributed by atoms with Crippen molar-refractivity contribution in [1.29, 1.82) is 0 Å². The Hall–Kier alpha value is -1.76. The van der Waals surface area contributed by atoms with Crippen molar-refractivity contribution in [3.8, 4) is 10.6 Å². The third-order valence-electron chi connectivity index (χ3n) is 4.18. The molecule has 3 rings (SSSR count). The van der Waals surface area contributed by atoms with Gasteiger partial charge in [-0.25, -0.2) is 9.78 Å². The number of benzene rings is 1. The lowest BCUT2D eigenvalue weighted by Crippen LogP contribution is -2.31. The summed E-state index contributed by atoms with van der Waals surface area (Å²) in [6, 6.07) is 7.55. The van der Waals surface area contributed by atoms with E-state index < -0.39 is 0 Å². The van der Waals surface area contributed by atoms with Crippen molar-refractivity contribution < 1.29 is 14.6 Å². The molecule has 1 fully saturated rings. The number of aromatic nitrogens is 1. The minimum atomic E-state index is -0.333. The molecule has 5 nitrogen and oxygen atoms in total. The molecule has 1 aromatic carbocycles. The molecule has 0 radical (unpaired) electrons. The molecule has 1 N–H and O–H groups in total. The normalized spacial score (nSPS) is 18.3. The molecule has 2 aromatic rings. The number of hydrogen-bond acceptors (Lipinski definition) is 6. The lowest BCUT2D eigenvalue weighted by molar-refractivity contribution is 0.0601. The summed E-state index contributed by atoms with van der Waals surface area (Å²) in [5.74, 6) is -0.333. The fourth-order valence-electron chi connectivity index (χ4n) is 2.90. The van der Waals surface area contributed by atoms with Crippen LogP contribution in [0.5, 0.6) is 0 Å². The van der Waals surface area contributed by atoms with Gasteiger partial charge < -0.3 is 9.84 Å². The Bertz CT molecular complexity index is 669. The molecule has 1 saturated heterocycles. The first-order chi connectivity index (χ1) is 11.2. The van der Waals surface area contributed by atoms with Crippen LogP contribution in [-0.2, 0) is 11.3 Å². The maximum atomic E-state index is 11.5. The van der Waals surface area contributed by atoms with Gasteiger partial charge in [0, 0.05) is 23.5 Å². The minimum Gasteiger partial charge on any atom is -0.465 e. The first-order valence-corrected chi connectivity index (χ1v) is 8.57. The lowest BCUT2D eigenvalue weighted by atomic mass is 10.1. The number of esters is 1. The maximum Gasteiger partial charge on any atom is 0.337 e. The van der Waals surface area contributed by atoms with Crippen LogP contribution >= 0.6 is 11.3 Å². The number of rotatable bonds is 5. The molecule has 0 aliphatic carbocycles. The van der Waals surface area contributed by atoms with Gasteiger partial charge in [-0.15, -0.1) is 11.3 Å². The Balaban J connectivity index is 1.70. The standard InChI is InChI=1S/C17H20N2O3S/c1-22-17(21)13-6-4-12(5-7-13)16-18-14(11-23-16)9-19-8-2-3-15(19)10-20/h4-7,11,15,20H,2-3,8-10H2,1H3/t15-/m1/s1. The predicted molar refractivity (Wildman–Crippen MR) is 89.4 cm³/mol. The summed E-state index contributed by atoms with van der Waals surface area (Å²) < 4.78 is 4.70. The molecule has 0 amide bonds. The predicted octanol–water partition coefficient (Wildman–Crippen LogP) is 2.55. The second-order valence-corrected chi connectivity index (χ2v) is 6.52. The van der Waals surface area contributed by atoms with Crippen molar-refractivity contribution in [3.05, 3.63) is 40.9 Å². The van der Waals surface area contributed by atoms with Crippen LogP contribution in [0.15, 0.2) is 29.6 Å². The lowest BCUT2D eigenvalue weighted by Gasteiger charge is -2.21. The third kappa shape index (κ3) is 3.60. The number of ether oxygens (including phenoxy) is 1. The van der Waals surface area contributed by atoms with E-state index in [-0.39, 0.29) is 18.6 Å². The summed E-state index contributed by atoms with van der Waals surface area (Å²) in [4.78, 5) is 18.4. The molecule has 0 saturated carbocycles. The van der Waals surface area contributed by atoms with Crippen LogP contribution in [0.25, 0.3) is 10.6 Å². The topological polar surface area (TPSA) is 62.7 Å². The van der Waals surface area contributed by atoms with Gasteiger partial charge >= 0.3 is 5.97 Å². The monoisotopic (exact) mass is 332 g/mol. The van der Waals surface area contributed by atoms with E-state index in [1.807, 2.05) is 12.1 Å². The molecule has 1 aliphatic rings. The smallest absolute Gasteiger partial charge is 0.337 e. The number of carbonyl (C=O) groups excluding carboxylic acids is 1. The number of methoxy groups -OCH3 is 1. The van der Waals surface area contributed by atoms with Crippen molar-refractivity contribution in [2.75, 3.05) is 20.3 Å². The number of hydrogen-bond donors (Lipinski definition) is 1. The number of carbonyl (C=O) groups is 1. The first kappa shape index (κ1) is 16.1. The van der Waals surface area contributed by atoms with Gasteiger partial charge in [0.15, 0.2) is 0 Å². The Labute approximate surface area is 139 Å². The third-order valence-corrected chi connectivity index (χ3v) is 5.12. The minimum absolute atomic E-state index is 0.214. The molecule has 1 aliphatic heterocycles. The molecule has 1 aromatic heterocycles. The second kappa shape index (κ2) is 7.21. The van der Waals surface area contributed by atoms with Crippen molar-refractivity contribution in [3.63, 3.8) is 0 Å². The zero-order chi connectivity index (χ0) is 16.2. The van der Waals surface area contributed by atoms with Crippen LogP contribution < -0.4 is 0 Å². The van der Waals surface area contributed by atoms with E-state index in [0.717, 1.165) is 42.2 Å². The van der Waals surface area contributed by atoms with Crippen LogP contribution in [-0.4, -0.2) is 47.3 Å². The summed E-state index contributed by atoms with van der Waals surface area (Å²) in [5, 5.41) is 12.4. The van der Waals surface area contributed by atoms with Gasteiger partial charge in [0.1, 0.15) is 5.01 Å². The van der Waals surface area contributed by atoms with Crippen molar-refractivity contribution in [1.82, 2.24) is 9.88 Å². The van der Waals surface area contributed by atoms with Crippen molar-refractivity contribution in [2.45, 2.75) is 25.4 Å². The van der Waals surface area contributed by atoms with Gasteiger partial charge in [-0.3, -0.25) is 4.90 Å². The quantitative estimate of drug-likeness (QED) is 0.853. The first-order valence-electron chi connectivity index (χ1n) is 7.69. The summed E-state index contributed by atoms with van der Waals surface area (Å²) in [6.45, 7) is 2.01. The number of likely N-dealkylation sites (tertiary alicyclic amines) is 1. The van der Waals surface area contributed by atoms with Crippen LogP contribution in [0.1, 0.15) is 28.9 Å². The number of aliphatic hydroxyl groups is 1. The van der Waals surface area contributed by atoms with Crippen LogP contribution in [0, 0.1) is 0 Å². The van der Waals surface area contributed by atoms with Gasteiger partial charge in [0.05, 0.1) is 25.0 Å². The molecule has 1 atom stereocenters. The van der Waals surface area contributed by atoms with Gasteiger partial charge in [-0.05, 0) is 31.5 Å². The molecule has 0 spiro atoms. The number of nitrogens with zero attached hydrogens (tertiary/aromatic N) is 2. The average molecular weight is 332 g/mol. The highest BCUT2D eigenvalue weighted by atomic mass is 32.1. The molecule has 23 heavy (non-hydrogen) atoms. The summed E-state index contributed by atoms with van der Waals surface area (Å²) in [7, 11) is 1.38. The largest absolute Gasteiger partial charge is 0.465 e. The molecule has 122 valence electrons. The molecular weight excluding hydrogens is 312 g/mol. The SMILES string of the molecule is COC(=O)c1ccc(-c2nc(CN3CCC[C@@H]3CO)cs2)cc1. The zero-order valence-corrected chi connectivity index (χ0v) is 13.9. The Morgan fingerprint density at radius 3 is 2.91 bits per heavy atom. The van der Waals surface area contributed by atoms with E-state index in [9.17, 15) is 9.90 Å². The highest BCUT2D eigenvalue weighted by Gasteiger charge is 2.24. The molecule has 6 heteroatoms. The molecular formula is C17H20N2O3S. The van der Waals surface area contributed by atoms with E-state index in [1.54, 1.807) is 23.5 Å². The van der Waals surface area contributed by atoms with Gasteiger partial charge in [-0.2, -0.15) is 0 Å². The Morgan fingerprint density at radius 2 is 2.22 bits per heavy atom. The fourth-order valence-corrected chi connectivity index (χ4v) is 3.71. The summed E-state index contributed by atoms with van der Waals surface area (Å²) in [6.07, 6.45) is 2.19. The molecule has 0 bridgehead atoms. The van der Waals surface area contributed by atoms with Crippen LogP contribution in [0.3, 0.4) is 0 Å². The van der Waals surface area contributed by atoms with Crippen LogP contribution in [0.4, 0.5) is 0 Å². The number of thiazole rings is 1. The van der Waals surface area contributed by atoms with E-state index in [4.69, 9.17) is 4.74 Å². The van der Waals surface area contributed by atoms with E-state index in [0.29, 0.717) is 5.56 Å². The van der Waals surface area contributed by atoms with Gasteiger partial charge in [0.2, 0.25) is 0 Å². The van der Waals surface area contributed by atoms with E-state index in [2.05, 4.69) is 15.3 Å².